The summed E-state index contributed by atoms with van der Waals surface area (Å²) in [6.45, 7) is 0.727. The summed E-state index contributed by atoms with van der Waals surface area (Å²) in [5, 5.41) is 6.31. The van der Waals surface area contributed by atoms with Gasteiger partial charge in [0.05, 0.1) is 23.9 Å². The Hall–Kier alpha value is -2.74. The van der Waals surface area contributed by atoms with Crippen molar-refractivity contribution in [3.8, 4) is 11.5 Å². The molecule has 1 fully saturated rings. The average molecular weight is 446 g/mol. The molecule has 1 saturated carbocycles. The summed E-state index contributed by atoms with van der Waals surface area (Å²) >= 11 is 0. The number of sulfone groups is 1. The van der Waals surface area contributed by atoms with Gasteiger partial charge < -0.3 is 20.1 Å². The zero-order valence-corrected chi connectivity index (χ0v) is 19.0. The van der Waals surface area contributed by atoms with Gasteiger partial charge in [0.25, 0.3) is 0 Å². The maximum atomic E-state index is 12.4. The van der Waals surface area contributed by atoms with Crippen molar-refractivity contribution in [2.24, 2.45) is 4.99 Å². The van der Waals surface area contributed by atoms with E-state index in [-0.39, 0.29) is 18.4 Å². The van der Waals surface area contributed by atoms with Crippen LogP contribution in [0.1, 0.15) is 31.2 Å². The largest absolute Gasteiger partial charge is 0.493 e. The standard InChI is InChI=1S/C23H31N3O4S/c1-24-23(25-15-16-31(27,28)20-12-4-3-5-13-20)26-17-18-9-8-14-21(29-2)22(18)30-19-10-6-7-11-19/h3-5,8-9,12-14,19H,6-7,10-11,15-17H2,1-2H3,(H2,24,25,26). The normalized spacial score (nSPS) is 15.0. The second-order valence-corrected chi connectivity index (χ2v) is 9.57. The lowest BCUT2D eigenvalue weighted by molar-refractivity contribution is 0.198. The Kier molecular flexibility index (Phi) is 8.17. The van der Waals surface area contributed by atoms with Crippen molar-refractivity contribution in [1.82, 2.24) is 10.6 Å². The summed E-state index contributed by atoms with van der Waals surface area (Å²) in [4.78, 5) is 4.52. The second-order valence-electron chi connectivity index (χ2n) is 7.46. The minimum absolute atomic E-state index is 0.0209. The van der Waals surface area contributed by atoms with E-state index in [0.29, 0.717) is 23.1 Å². The number of hydrogen-bond acceptors (Lipinski definition) is 5. The number of rotatable bonds is 9. The van der Waals surface area contributed by atoms with E-state index < -0.39 is 9.84 Å². The SMILES string of the molecule is CN=C(NCCS(=O)(=O)c1ccccc1)NCc1cccc(OC)c1OC1CCCC1. The predicted molar refractivity (Wildman–Crippen MR) is 123 cm³/mol. The van der Waals surface area contributed by atoms with Crippen LogP contribution >= 0.6 is 0 Å². The molecule has 0 unspecified atom stereocenters. The molecule has 8 heteroatoms. The van der Waals surface area contributed by atoms with Crippen molar-refractivity contribution < 1.29 is 17.9 Å². The van der Waals surface area contributed by atoms with Gasteiger partial charge in [-0.3, -0.25) is 4.99 Å². The highest BCUT2D eigenvalue weighted by molar-refractivity contribution is 7.91. The summed E-state index contributed by atoms with van der Waals surface area (Å²) in [7, 11) is -0.0464. The summed E-state index contributed by atoms with van der Waals surface area (Å²) in [5.41, 5.74) is 0.964. The van der Waals surface area contributed by atoms with Crippen LogP contribution in [0.4, 0.5) is 0 Å². The Bertz CT molecular complexity index is 972. The molecule has 0 atom stereocenters. The molecule has 0 spiro atoms. The Morgan fingerprint density at radius 3 is 2.48 bits per heavy atom. The number of guanidine groups is 1. The Morgan fingerprint density at radius 1 is 1.06 bits per heavy atom. The molecule has 2 aromatic carbocycles. The van der Waals surface area contributed by atoms with E-state index in [1.807, 2.05) is 18.2 Å². The van der Waals surface area contributed by atoms with Crippen molar-refractivity contribution in [2.45, 2.75) is 43.2 Å². The van der Waals surface area contributed by atoms with Gasteiger partial charge in [-0.05, 0) is 43.9 Å². The highest BCUT2D eigenvalue weighted by Gasteiger charge is 2.20. The Labute approximate surface area is 184 Å². The molecule has 7 nitrogen and oxygen atoms in total. The minimum atomic E-state index is -3.34. The second kappa shape index (κ2) is 11.0. The molecule has 168 valence electrons. The quantitative estimate of drug-likeness (QED) is 0.455. The molecule has 31 heavy (non-hydrogen) atoms. The van der Waals surface area contributed by atoms with Crippen molar-refractivity contribution in [3.63, 3.8) is 0 Å². The molecule has 0 radical (unpaired) electrons. The fourth-order valence-corrected chi connectivity index (χ4v) is 4.80. The lowest BCUT2D eigenvalue weighted by Crippen LogP contribution is -2.39. The number of benzene rings is 2. The van der Waals surface area contributed by atoms with Crippen LogP contribution in [0.15, 0.2) is 58.4 Å². The zero-order chi connectivity index (χ0) is 22.1. The van der Waals surface area contributed by atoms with Gasteiger partial charge in [-0.15, -0.1) is 0 Å². The van der Waals surface area contributed by atoms with Gasteiger partial charge in [-0.1, -0.05) is 30.3 Å². The lowest BCUT2D eigenvalue weighted by Gasteiger charge is -2.20. The number of ether oxygens (including phenoxy) is 2. The Balaban J connectivity index is 1.58. The van der Waals surface area contributed by atoms with Crippen LogP contribution in [-0.4, -0.2) is 46.9 Å². The third kappa shape index (κ3) is 6.37. The van der Waals surface area contributed by atoms with E-state index >= 15 is 0 Å². The fourth-order valence-electron chi connectivity index (χ4n) is 3.62. The molecule has 0 aliphatic heterocycles. The van der Waals surface area contributed by atoms with Crippen molar-refractivity contribution in [2.75, 3.05) is 26.5 Å². The van der Waals surface area contributed by atoms with Crippen LogP contribution in [0.25, 0.3) is 0 Å². The first-order valence-corrected chi connectivity index (χ1v) is 12.2. The smallest absolute Gasteiger partial charge is 0.191 e. The van der Waals surface area contributed by atoms with Crippen LogP contribution in [0.2, 0.25) is 0 Å². The molecular weight excluding hydrogens is 414 g/mol. The van der Waals surface area contributed by atoms with Crippen LogP contribution in [0, 0.1) is 0 Å². The number of nitrogens with zero attached hydrogens (tertiary/aromatic N) is 1. The number of aliphatic imine (C=N–C) groups is 1. The van der Waals surface area contributed by atoms with E-state index in [9.17, 15) is 8.42 Å². The van der Waals surface area contributed by atoms with Crippen molar-refractivity contribution in [3.05, 3.63) is 54.1 Å². The number of hydrogen-bond donors (Lipinski definition) is 2. The molecule has 0 saturated heterocycles. The predicted octanol–water partition coefficient (Wildman–Crippen LogP) is 3.16. The highest BCUT2D eigenvalue weighted by Crippen LogP contribution is 2.34. The van der Waals surface area contributed by atoms with Gasteiger partial charge in [-0.2, -0.15) is 0 Å². The molecule has 2 aromatic rings. The number of methoxy groups -OCH3 is 1. The van der Waals surface area contributed by atoms with Crippen LogP contribution in [0.3, 0.4) is 0 Å². The molecule has 1 aliphatic rings. The first kappa shape index (κ1) is 22.9. The van der Waals surface area contributed by atoms with Crippen LogP contribution < -0.4 is 20.1 Å². The summed E-state index contributed by atoms with van der Waals surface area (Å²) in [5.74, 6) is 1.97. The average Bonchev–Trinajstić information content (AvgIpc) is 3.30. The van der Waals surface area contributed by atoms with E-state index in [4.69, 9.17) is 9.47 Å². The molecule has 0 bridgehead atoms. The topological polar surface area (TPSA) is 89.0 Å². The summed E-state index contributed by atoms with van der Waals surface area (Å²) < 4.78 is 36.6. The van der Waals surface area contributed by atoms with E-state index in [1.165, 1.54) is 12.8 Å². The third-order valence-electron chi connectivity index (χ3n) is 5.30. The zero-order valence-electron chi connectivity index (χ0n) is 18.1. The van der Waals surface area contributed by atoms with Gasteiger partial charge in [0.2, 0.25) is 0 Å². The van der Waals surface area contributed by atoms with Gasteiger partial charge in [0.15, 0.2) is 27.3 Å². The molecule has 3 rings (SSSR count). The molecular formula is C23H31N3O4S. The molecule has 2 N–H and O–H groups in total. The summed E-state index contributed by atoms with van der Waals surface area (Å²) in [6.07, 6.45) is 4.72. The molecule has 0 heterocycles. The first-order valence-electron chi connectivity index (χ1n) is 10.6. The van der Waals surface area contributed by atoms with E-state index in [0.717, 1.165) is 24.2 Å². The van der Waals surface area contributed by atoms with Crippen molar-refractivity contribution >= 4 is 15.8 Å². The number of nitrogens with one attached hydrogen (secondary N) is 2. The fraction of sp³-hybridized carbons (Fsp3) is 0.435. The van der Waals surface area contributed by atoms with Gasteiger partial charge in [-0.25, -0.2) is 8.42 Å². The highest BCUT2D eigenvalue weighted by atomic mass is 32.2. The van der Waals surface area contributed by atoms with E-state index in [2.05, 4.69) is 15.6 Å². The van der Waals surface area contributed by atoms with Crippen molar-refractivity contribution in [1.29, 1.82) is 0 Å². The number of para-hydroxylation sites is 1. The van der Waals surface area contributed by atoms with Gasteiger partial charge >= 0.3 is 0 Å². The Morgan fingerprint density at radius 2 is 1.81 bits per heavy atom. The monoisotopic (exact) mass is 445 g/mol. The van der Waals surface area contributed by atoms with E-state index in [1.54, 1.807) is 44.5 Å². The molecule has 1 aliphatic carbocycles. The molecule has 0 amide bonds. The first-order chi connectivity index (χ1) is 15.0. The molecule has 0 aromatic heterocycles. The maximum absolute atomic E-state index is 12.4. The third-order valence-corrected chi connectivity index (χ3v) is 7.03. The van der Waals surface area contributed by atoms with Gasteiger partial charge in [0.1, 0.15) is 0 Å². The minimum Gasteiger partial charge on any atom is -0.493 e. The lowest BCUT2D eigenvalue weighted by atomic mass is 10.1. The van der Waals surface area contributed by atoms with Gasteiger partial charge in [0, 0.05) is 25.7 Å². The maximum Gasteiger partial charge on any atom is 0.191 e. The summed E-state index contributed by atoms with van der Waals surface area (Å²) in [6, 6.07) is 14.3. The van der Waals surface area contributed by atoms with Crippen LogP contribution in [-0.2, 0) is 16.4 Å². The van der Waals surface area contributed by atoms with Crippen LogP contribution in [0.5, 0.6) is 11.5 Å².